The van der Waals surface area contributed by atoms with Crippen LogP contribution in [0.4, 0.5) is 0 Å². The second-order valence-electron chi connectivity index (χ2n) is 3.34. The molecule has 0 aliphatic carbocycles. The van der Waals surface area contributed by atoms with Crippen LogP contribution in [0.5, 0.6) is 5.75 Å². The number of halogens is 3. The zero-order chi connectivity index (χ0) is 17.2. The first-order chi connectivity index (χ1) is 9.52. The third-order valence-corrected chi connectivity index (χ3v) is 2.63. The van der Waals surface area contributed by atoms with Crippen molar-refractivity contribution in [3.8, 4) is 5.75 Å². The molecule has 0 unspecified atom stereocenters. The molecule has 1 rings (SSSR count). The second kappa shape index (κ2) is 11.7. The summed E-state index contributed by atoms with van der Waals surface area (Å²) in [6, 6.07) is 2.94. The van der Waals surface area contributed by atoms with Gasteiger partial charge in [0.25, 0.3) is 0 Å². The predicted octanol–water partition coefficient (Wildman–Crippen LogP) is 2.89. The van der Waals surface area contributed by atoms with Gasteiger partial charge in [0, 0.05) is 11.5 Å². The fourth-order valence-corrected chi connectivity index (χ4v) is 1.33. The van der Waals surface area contributed by atoms with Crippen LogP contribution in [0.2, 0.25) is 15.1 Å². The number of carbonyl (C=O) groups is 2. The number of hydrogen-bond donors (Lipinski definition) is 1. The summed E-state index contributed by atoms with van der Waals surface area (Å²) in [5, 5.41) is 17.9. The van der Waals surface area contributed by atoms with Gasteiger partial charge in [0.15, 0.2) is 0 Å². The second-order valence-corrected chi connectivity index (χ2v) is 4.75. The van der Waals surface area contributed by atoms with Crippen LogP contribution >= 0.6 is 34.8 Å². The van der Waals surface area contributed by atoms with Crippen molar-refractivity contribution < 1.29 is 40.0 Å². The molecule has 9 heteroatoms. The molecule has 0 heterocycles. The van der Waals surface area contributed by atoms with Crippen molar-refractivity contribution in [2.24, 2.45) is 0 Å². The Morgan fingerprint density at radius 3 is 1.81 bits per heavy atom. The van der Waals surface area contributed by atoms with E-state index < -0.39 is 11.9 Å². The Morgan fingerprint density at radius 1 is 1.19 bits per heavy atom. The first kappa shape index (κ1) is 22.4. The molecule has 1 aromatic carbocycles. The molecule has 0 atom stereocenters. The fraction of sp³-hybridized carbons (Fsp3) is 0.167. The minimum atomic E-state index is -1.08. The Morgan fingerprint density at radius 2 is 1.52 bits per heavy atom. The summed E-state index contributed by atoms with van der Waals surface area (Å²) in [5.74, 6) is -1.68. The number of hydrogen-bond acceptors (Lipinski definition) is 4. The summed E-state index contributed by atoms with van der Waals surface area (Å²) in [5.41, 5.74) is 0.176. The molecule has 0 aliphatic heterocycles. The number of benzene rings is 1. The first-order valence-corrected chi connectivity index (χ1v) is 6.51. The van der Waals surface area contributed by atoms with Crippen molar-refractivity contribution in [1.29, 1.82) is 0 Å². The number of rotatable bonds is 2. The van der Waals surface area contributed by atoms with Crippen LogP contribution in [0, 0.1) is 0 Å². The van der Waals surface area contributed by atoms with Crippen LogP contribution in [0.25, 0.3) is 0 Å². The van der Waals surface area contributed by atoms with E-state index in [0.29, 0.717) is 20.8 Å². The van der Waals surface area contributed by atoms with E-state index in [4.69, 9.17) is 49.8 Å². The zero-order valence-electron chi connectivity index (χ0n) is 10.9. The van der Waals surface area contributed by atoms with E-state index in [0.717, 1.165) is 6.92 Å². The van der Waals surface area contributed by atoms with Gasteiger partial charge < -0.3 is 15.0 Å². The van der Waals surface area contributed by atoms with Gasteiger partial charge in [-0.25, -0.2) is 4.79 Å². The molecule has 0 aromatic heterocycles. The fourth-order valence-electron chi connectivity index (χ4n) is 0.551. The summed E-state index contributed by atoms with van der Waals surface area (Å²) in [6.45, 7) is 5.57. The quantitative estimate of drug-likeness (QED) is 0.465. The molecule has 121 valence electrons. The summed E-state index contributed by atoms with van der Waals surface area (Å²) in [7, 11) is 0. The number of carboxylic acid groups (broad SMARTS) is 2. The maximum atomic E-state index is 9.60. The molecule has 0 saturated heterocycles. The van der Waals surface area contributed by atoms with Gasteiger partial charge in [-0.3, -0.25) is 0 Å². The molecule has 1 N–H and O–H groups in total. The predicted molar refractivity (Wildman–Crippen MR) is 75.2 cm³/mol. The zero-order valence-corrected chi connectivity index (χ0v) is 14.1. The average molecular weight is 405 g/mol. The molecule has 0 radical (unpaired) electrons. The van der Waals surface area contributed by atoms with Crippen molar-refractivity contribution in [3.63, 3.8) is 0 Å². The number of carboxylic acids is 2. The summed E-state index contributed by atoms with van der Waals surface area (Å²) in [6.07, 6.45) is 0. The molecule has 0 saturated carbocycles. The van der Waals surface area contributed by atoms with E-state index in [2.05, 4.69) is 26.7 Å². The molecule has 0 bridgehead atoms. The van der Waals surface area contributed by atoms with Crippen LogP contribution in [-0.4, -0.2) is 17.0 Å². The Labute approximate surface area is 145 Å². The summed E-state index contributed by atoms with van der Waals surface area (Å²) >= 11 is 21.4. The van der Waals surface area contributed by atoms with Crippen molar-refractivity contribution in [2.45, 2.75) is 13.8 Å². The molecule has 0 aliphatic rings. The molecule has 0 fully saturated rings. The normalized spacial score (nSPS) is 8.52. The number of aliphatic carboxylic acids is 2. The van der Waals surface area contributed by atoms with Gasteiger partial charge in [0.2, 0.25) is 0 Å². The molecule has 21 heavy (non-hydrogen) atoms. The minimum absolute atomic E-state index is 0.176. The standard InChI is InChI=1S/C6H3Cl3O.C4H6O2.C2H4O2.Cu/c7-3-1-5(9)6(10)2-4(3)8;1-3(2)4(5)6;1-2(3)4;/h1-2,10H;1H2,2H3,(H,5,6);1H3,(H,3,4);/q;;;+2/p-2. The van der Waals surface area contributed by atoms with E-state index in [1.54, 1.807) is 0 Å². The van der Waals surface area contributed by atoms with E-state index in [9.17, 15) is 4.79 Å². The van der Waals surface area contributed by atoms with Crippen LogP contribution in [0.15, 0.2) is 24.3 Å². The Hall–Kier alpha value is -0.911. The SMILES string of the molecule is C=C(C)C(=O)O.CC(=O)[O-].Clc1cc(Cl)c([O][Cu+])cc1Cl. The Bertz CT molecular complexity index is 504. The van der Waals surface area contributed by atoms with E-state index in [-0.39, 0.29) is 5.57 Å². The third kappa shape index (κ3) is 12.5. The van der Waals surface area contributed by atoms with E-state index >= 15 is 0 Å². The first-order valence-electron chi connectivity index (χ1n) is 4.99. The van der Waals surface area contributed by atoms with Crippen LogP contribution in [0.1, 0.15) is 13.8 Å². The molecule has 1 aromatic rings. The monoisotopic (exact) mass is 403 g/mol. The van der Waals surface area contributed by atoms with Crippen molar-refractivity contribution in [2.75, 3.05) is 0 Å². The maximum absolute atomic E-state index is 9.60. The van der Waals surface area contributed by atoms with E-state index in [1.807, 2.05) is 0 Å². The van der Waals surface area contributed by atoms with Gasteiger partial charge >= 0.3 is 93.9 Å². The molecule has 0 spiro atoms. The molecular weight excluding hydrogens is 394 g/mol. The van der Waals surface area contributed by atoms with Crippen molar-refractivity contribution >= 4 is 46.7 Å². The van der Waals surface area contributed by atoms with Gasteiger partial charge in [0.1, 0.15) is 0 Å². The summed E-state index contributed by atoms with van der Waals surface area (Å²) in [4.78, 5) is 18.5. The van der Waals surface area contributed by atoms with Gasteiger partial charge in [0.05, 0.1) is 0 Å². The van der Waals surface area contributed by atoms with Gasteiger partial charge in [-0.1, -0.05) is 6.58 Å². The molecule has 0 amide bonds. The third-order valence-electron chi connectivity index (χ3n) is 1.41. The summed E-state index contributed by atoms with van der Waals surface area (Å²) < 4.78 is 4.47. The molecule has 5 nitrogen and oxygen atoms in total. The Balaban J connectivity index is 0. The number of carbonyl (C=O) groups excluding carboxylic acids is 1. The van der Waals surface area contributed by atoms with Gasteiger partial charge in [-0.2, -0.15) is 0 Å². The van der Waals surface area contributed by atoms with E-state index in [1.165, 1.54) is 19.1 Å². The van der Waals surface area contributed by atoms with Crippen LogP contribution < -0.4 is 8.93 Å². The van der Waals surface area contributed by atoms with Gasteiger partial charge in [-0.15, -0.1) is 0 Å². The topological polar surface area (TPSA) is 86.7 Å². The van der Waals surface area contributed by atoms with Gasteiger partial charge in [-0.05, 0) is 13.8 Å². The molecular formula is C12H11Cl3CuO5. The Kier molecular flexibility index (Phi) is 12.5. The average Bonchev–Trinajstić information content (AvgIpc) is 2.33. The van der Waals surface area contributed by atoms with Crippen LogP contribution in [0.3, 0.4) is 0 Å². The van der Waals surface area contributed by atoms with Crippen molar-refractivity contribution in [3.05, 3.63) is 39.4 Å². The van der Waals surface area contributed by atoms with Crippen LogP contribution in [-0.2, 0) is 25.9 Å². The van der Waals surface area contributed by atoms with Crippen molar-refractivity contribution in [1.82, 2.24) is 0 Å².